The fourth-order valence-corrected chi connectivity index (χ4v) is 6.39. The van der Waals surface area contributed by atoms with Crippen LogP contribution in [0.2, 0.25) is 0 Å². The zero-order chi connectivity index (χ0) is 39.9. The number of ether oxygens (including phenoxy) is 1. The molecule has 1 atom stereocenters. The van der Waals surface area contributed by atoms with Crippen LogP contribution in [-0.2, 0) is 43.0 Å². The van der Waals surface area contributed by atoms with E-state index in [1.165, 1.54) is 42.5 Å². The summed E-state index contributed by atoms with van der Waals surface area (Å²) in [5.74, 6) is -4.25. The first-order valence-electron chi connectivity index (χ1n) is 18.1. The van der Waals surface area contributed by atoms with Crippen molar-refractivity contribution in [3.63, 3.8) is 0 Å². The molecule has 2 aliphatic rings. The lowest BCUT2D eigenvalue weighted by atomic mass is 9.78. The number of benzene rings is 4. The van der Waals surface area contributed by atoms with Crippen LogP contribution in [0.5, 0.6) is 0 Å². The van der Waals surface area contributed by atoms with E-state index < -0.39 is 71.5 Å². The SMILES string of the molecule is CC1(C)OB(c2ccc(F)c(C(=O)Nc3ccc(COCc4ccc(CCC5(C)OB(c6ccc(F)c(C(=O)O)c6)OC5(C)C)cc4)c(F)c3)c2)OC1(C)C. The van der Waals surface area contributed by atoms with Gasteiger partial charge in [0.1, 0.15) is 17.5 Å². The third-order valence-electron chi connectivity index (χ3n) is 11.0. The standard InChI is InChI=1S/C41H44B2F3NO8/c1-38(2)39(3,4)53-42(52-38)28-13-16-33(44)31(20-28)36(48)47-30-15-12-27(35(46)22-30)24-51-23-26-10-8-25(9-11-26)18-19-41(7)40(5,6)54-43(55-41)29-14-17-34(45)32(21-29)37(49)50/h8-17,20-22H,18-19,23-24H2,1-7H3,(H,47,48)(H,49,50). The molecule has 55 heavy (non-hydrogen) atoms. The first-order valence-corrected chi connectivity index (χ1v) is 18.1. The number of rotatable bonds is 12. The minimum Gasteiger partial charge on any atom is -0.478 e. The molecule has 4 aromatic carbocycles. The monoisotopic (exact) mass is 757 g/mol. The minimum absolute atomic E-state index is 0.0134. The molecule has 0 radical (unpaired) electrons. The molecular formula is C41H44B2F3NO8. The van der Waals surface area contributed by atoms with Gasteiger partial charge in [-0.3, -0.25) is 4.79 Å². The Bertz CT molecular complexity index is 2080. The van der Waals surface area contributed by atoms with Crippen LogP contribution in [0.4, 0.5) is 18.9 Å². The number of halogens is 3. The highest BCUT2D eigenvalue weighted by atomic mass is 19.1. The van der Waals surface area contributed by atoms with Gasteiger partial charge in [-0.1, -0.05) is 42.5 Å². The van der Waals surface area contributed by atoms with E-state index in [0.29, 0.717) is 23.8 Å². The van der Waals surface area contributed by atoms with Gasteiger partial charge >= 0.3 is 20.2 Å². The maximum absolute atomic E-state index is 15.1. The molecule has 2 fully saturated rings. The summed E-state index contributed by atoms with van der Waals surface area (Å²) in [6.07, 6.45) is 1.25. The number of hydrogen-bond acceptors (Lipinski definition) is 7. The number of hydrogen-bond donors (Lipinski definition) is 2. The van der Waals surface area contributed by atoms with Crippen LogP contribution >= 0.6 is 0 Å². The number of anilines is 1. The molecule has 0 aliphatic carbocycles. The second kappa shape index (κ2) is 15.2. The molecule has 0 bridgehead atoms. The summed E-state index contributed by atoms with van der Waals surface area (Å²) >= 11 is 0. The molecule has 0 saturated carbocycles. The molecular weight excluding hydrogens is 713 g/mol. The summed E-state index contributed by atoms with van der Waals surface area (Å²) in [5, 5.41) is 11.9. The highest BCUT2D eigenvalue weighted by Crippen LogP contribution is 2.41. The van der Waals surface area contributed by atoms with Gasteiger partial charge in [0.25, 0.3) is 5.91 Å². The van der Waals surface area contributed by atoms with E-state index in [-0.39, 0.29) is 30.0 Å². The van der Waals surface area contributed by atoms with E-state index in [0.717, 1.165) is 23.3 Å². The fraction of sp³-hybridized carbons (Fsp3) is 0.366. The Morgan fingerprint density at radius 2 is 1.20 bits per heavy atom. The summed E-state index contributed by atoms with van der Waals surface area (Å²) < 4.78 is 74.1. The zero-order valence-corrected chi connectivity index (χ0v) is 31.9. The van der Waals surface area contributed by atoms with E-state index in [1.807, 2.05) is 72.7 Å². The Morgan fingerprint density at radius 1 is 0.655 bits per heavy atom. The molecule has 1 unspecified atom stereocenters. The van der Waals surface area contributed by atoms with Crippen LogP contribution in [0.1, 0.15) is 92.3 Å². The maximum atomic E-state index is 15.1. The Kier molecular flexibility index (Phi) is 11.1. The molecule has 2 aliphatic heterocycles. The molecule has 6 rings (SSSR count). The smallest absolute Gasteiger partial charge is 0.478 e. The number of carboxylic acids is 1. The molecule has 2 saturated heterocycles. The van der Waals surface area contributed by atoms with Crippen molar-refractivity contribution in [3.8, 4) is 0 Å². The van der Waals surface area contributed by atoms with Gasteiger partial charge < -0.3 is 33.8 Å². The van der Waals surface area contributed by atoms with Crippen molar-refractivity contribution in [1.29, 1.82) is 0 Å². The summed E-state index contributed by atoms with van der Waals surface area (Å²) in [5.41, 5.74) is -0.0362. The van der Waals surface area contributed by atoms with Gasteiger partial charge in [0.05, 0.1) is 46.7 Å². The summed E-state index contributed by atoms with van der Waals surface area (Å²) in [6.45, 7) is 13.6. The average molecular weight is 757 g/mol. The fourth-order valence-electron chi connectivity index (χ4n) is 6.39. The highest BCUT2D eigenvalue weighted by molar-refractivity contribution is 6.62. The zero-order valence-electron chi connectivity index (χ0n) is 31.9. The predicted octanol–water partition coefficient (Wildman–Crippen LogP) is 6.98. The third-order valence-corrected chi connectivity index (χ3v) is 11.0. The topological polar surface area (TPSA) is 113 Å². The first kappa shape index (κ1) is 40.2. The quantitative estimate of drug-likeness (QED) is 0.149. The number of aryl methyl sites for hydroxylation is 1. The van der Waals surface area contributed by atoms with E-state index in [9.17, 15) is 23.5 Å². The largest absolute Gasteiger partial charge is 0.494 e. The lowest BCUT2D eigenvalue weighted by molar-refractivity contribution is -0.0152. The lowest BCUT2D eigenvalue weighted by Gasteiger charge is -2.36. The Hall–Kier alpha value is -4.46. The number of nitrogens with one attached hydrogen (secondary N) is 1. The number of aromatic carboxylic acids is 1. The second-order valence-electron chi connectivity index (χ2n) is 15.8. The van der Waals surface area contributed by atoms with E-state index in [1.54, 1.807) is 0 Å². The van der Waals surface area contributed by atoms with Crippen LogP contribution in [0.3, 0.4) is 0 Å². The number of carboxylic acid groups (broad SMARTS) is 1. The summed E-state index contributed by atoms with van der Waals surface area (Å²) in [6, 6.07) is 19.9. The van der Waals surface area contributed by atoms with Crippen LogP contribution in [0.15, 0.2) is 78.9 Å². The van der Waals surface area contributed by atoms with Crippen LogP contribution in [0.25, 0.3) is 0 Å². The van der Waals surface area contributed by atoms with Crippen molar-refractivity contribution >= 4 is 42.7 Å². The molecule has 14 heteroatoms. The van der Waals surface area contributed by atoms with Gasteiger partial charge in [-0.05, 0) is 120 Å². The van der Waals surface area contributed by atoms with E-state index >= 15 is 4.39 Å². The molecule has 9 nitrogen and oxygen atoms in total. The van der Waals surface area contributed by atoms with Gasteiger partial charge in [-0.25, -0.2) is 18.0 Å². The number of amides is 1. The van der Waals surface area contributed by atoms with Gasteiger partial charge in [-0.15, -0.1) is 0 Å². The van der Waals surface area contributed by atoms with Crippen molar-refractivity contribution in [2.45, 2.75) is 96.9 Å². The summed E-state index contributed by atoms with van der Waals surface area (Å²) in [4.78, 5) is 24.5. The molecule has 4 aromatic rings. The molecule has 0 spiro atoms. The molecule has 2 N–H and O–H groups in total. The molecule has 288 valence electrons. The van der Waals surface area contributed by atoms with Crippen LogP contribution < -0.4 is 16.2 Å². The lowest BCUT2D eigenvalue weighted by Crippen LogP contribution is -2.45. The highest BCUT2D eigenvalue weighted by Gasteiger charge is 2.54. The van der Waals surface area contributed by atoms with Gasteiger partial charge in [-0.2, -0.15) is 0 Å². The predicted molar refractivity (Wildman–Crippen MR) is 203 cm³/mol. The van der Waals surface area contributed by atoms with E-state index in [4.69, 9.17) is 23.4 Å². The Balaban J connectivity index is 0.995. The van der Waals surface area contributed by atoms with Crippen molar-refractivity contribution in [3.05, 3.63) is 124 Å². The third kappa shape index (κ3) is 8.53. The minimum atomic E-state index is -1.37. The van der Waals surface area contributed by atoms with Crippen LogP contribution in [-0.4, -0.2) is 53.6 Å². The second-order valence-corrected chi connectivity index (χ2v) is 15.8. The summed E-state index contributed by atoms with van der Waals surface area (Å²) in [7, 11) is -1.63. The Morgan fingerprint density at radius 3 is 1.80 bits per heavy atom. The van der Waals surface area contributed by atoms with Crippen molar-refractivity contribution < 1.29 is 51.2 Å². The normalized spacial score (nSPS) is 19.8. The Labute approximate surface area is 319 Å². The first-order chi connectivity index (χ1) is 25.8. The number of carbonyl (C=O) groups excluding carboxylic acids is 1. The van der Waals surface area contributed by atoms with Crippen LogP contribution in [0, 0.1) is 17.5 Å². The van der Waals surface area contributed by atoms with Crippen molar-refractivity contribution in [2.75, 3.05) is 5.32 Å². The number of carbonyl (C=O) groups is 2. The molecule has 1 amide bonds. The average Bonchev–Trinajstić information content (AvgIpc) is 3.49. The maximum Gasteiger partial charge on any atom is 0.494 e. The van der Waals surface area contributed by atoms with Crippen molar-refractivity contribution in [2.24, 2.45) is 0 Å². The molecule has 2 heterocycles. The molecule has 0 aromatic heterocycles. The van der Waals surface area contributed by atoms with Gasteiger partial charge in [0, 0.05) is 11.3 Å². The van der Waals surface area contributed by atoms with Gasteiger partial charge in [0.2, 0.25) is 0 Å². The van der Waals surface area contributed by atoms with Gasteiger partial charge in [0.15, 0.2) is 0 Å². The van der Waals surface area contributed by atoms with E-state index in [2.05, 4.69) is 5.32 Å². The van der Waals surface area contributed by atoms with Crippen molar-refractivity contribution in [1.82, 2.24) is 0 Å².